The van der Waals surface area contributed by atoms with Crippen molar-refractivity contribution >= 4 is 44.7 Å². The molecule has 0 N–H and O–H groups in total. The summed E-state index contributed by atoms with van der Waals surface area (Å²) in [4.78, 5) is 13.4. The summed E-state index contributed by atoms with van der Waals surface area (Å²) in [5.74, 6) is 0.0891. The summed E-state index contributed by atoms with van der Waals surface area (Å²) in [5.41, 5.74) is 2.28. The zero-order valence-electron chi connectivity index (χ0n) is 17.2. The fourth-order valence-electron chi connectivity index (χ4n) is 2.84. The van der Waals surface area contributed by atoms with Gasteiger partial charge in [-0.1, -0.05) is 30.3 Å². The van der Waals surface area contributed by atoms with Crippen LogP contribution in [-0.4, -0.2) is 19.6 Å². The number of carbonyl (C=O) groups excluding carboxylic acids is 1. The summed E-state index contributed by atoms with van der Waals surface area (Å²) in [6.07, 6.45) is 0.217. The number of thiophene rings is 1. The summed E-state index contributed by atoms with van der Waals surface area (Å²) < 4.78 is 28.2. The molecular formula is C23H22N2O3S3. The van der Waals surface area contributed by atoms with Gasteiger partial charge in [-0.05, 0) is 60.7 Å². The van der Waals surface area contributed by atoms with Gasteiger partial charge in [0, 0.05) is 11.3 Å². The van der Waals surface area contributed by atoms with Crippen LogP contribution in [0, 0.1) is 11.3 Å². The number of thioether (sulfide) groups is 1. The third-order valence-corrected chi connectivity index (χ3v) is 8.82. The molecule has 0 saturated heterocycles. The molecule has 1 aromatic heterocycles. The Morgan fingerprint density at radius 3 is 2.45 bits per heavy atom. The highest BCUT2D eigenvalue weighted by Gasteiger charge is 2.32. The standard InChI is InChI=1S/C23H22N2O3S3/c1-17(2)31(27,28)25(21-10-8-18(9-11-21)12-13-24)23(26)20-6-3-5-19(15-20)16-30-22-7-4-14-29-22/h3-11,14-15,17H,12,16H2,1-2H3. The first-order valence-corrected chi connectivity index (χ1v) is 13.0. The lowest BCUT2D eigenvalue weighted by Gasteiger charge is -2.25. The number of rotatable bonds is 8. The first-order valence-electron chi connectivity index (χ1n) is 9.62. The van der Waals surface area contributed by atoms with Crippen molar-refractivity contribution in [3.8, 4) is 6.07 Å². The van der Waals surface area contributed by atoms with E-state index in [-0.39, 0.29) is 12.1 Å². The number of nitriles is 1. The van der Waals surface area contributed by atoms with E-state index < -0.39 is 21.2 Å². The summed E-state index contributed by atoms with van der Waals surface area (Å²) in [6, 6.07) is 19.6. The molecule has 0 fully saturated rings. The lowest BCUT2D eigenvalue weighted by atomic mass is 10.1. The number of anilines is 1. The second kappa shape index (κ2) is 10.1. The molecule has 160 valence electrons. The molecule has 0 spiro atoms. The van der Waals surface area contributed by atoms with Crippen LogP contribution in [0.1, 0.15) is 35.3 Å². The fourth-order valence-corrected chi connectivity index (χ4v) is 5.74. The van der Waals surface area contributed by atoms with E-state index in [1.165, 1.54) is 4.21 Å². The Labute approximate surface area is 191 Å². The minimum Gasteiger partial charge on any atom is -0.268 e. The fraction of sp³-hybridized carbons (Fsp3) is 0.217. The summed E-state index contributed by atoms with van der Waals surface area (Å²) in [5, 5.41) is 10.1. The van der Waals surface area contributed by atoms with Crippen molar-refractivity contribution < 1.29 is 13.2 Å². The normalized spacial score (nSPS) is 11.3. The molecule has 1 heterocycles. The quantitative estimate of drug-likeness (QED) is 0.407. The second-order valence-corrected chi connectivity index (χ2v) is 11.6. The summed E-state index contributed by atoms with van der Waals surface area (Å²) in [7, 11) is -3.91. The molecule has 0 aliphatic rings. The Kier molecular flexibility index (Phi) is 7.55. The predicted octanol–water partition coefficient (Wildman–Crippen LogP) is 5.49. The number of nitrogens with zero attached hydrogens (tertiary/aromatic N) is 2. The van der Waals surface area contributed by atoms with Crippen LogP contribution >= 0.6 is 23.1 Å². The maximum atomic E-state index is 13.4. The third-order valence-electron chi connectivity index (χ3n) is 4.54. The zero-order chi connectivity index (χ0) is 22.4. The van der Waals surface area contributed by atoms with Gasteiger partial charge in [-0.2, -0.15) is 5.26 Å². The lowest BCUT2D eigenvalue weighted by Crippen LogP contribution is -2.41. The van der Waals surface area contributed by atoms with E-state index in [1.807, 2.05) is 23.6 Å². The number of amides is 1. The lowest BCUT2D eigenvalue weighted by molar-refractivity contribution is 0.100. The van der Waals surface area contributed by atoms with Crippen LogP contribution < -0.4 is 4.31 Å². The Morgan fingerprint density at radius 1 is 1.10 bits per heavy atom. The number of benzene rings is 2. The highest BCUT2D eigenvalue weighted by molar-refractivity contribution is 8.00. The maximum absolute atomic E-state index is 13.4. The zero-order valence-corrected chi connectivity index (χ0v) is 19.6. The number of hydrogen-bond acceptors (Lipinski definition) is 6. The van der Waals surface area contributed by atoms with Crippen LogP contribution in [0.15, 0.2) is 70.3 Å². The van der Waals surface area contributed by atoms with Gasteiger partial charge < -0.3 is 0 Å². The van der Waals surface area contributed by atoms with E-state index in [2.05, 4.69) is 6.07 Å². The smallest absolute Gasteiger partial charge is 0.268 e. The van der Waals surface area contributed by atoms with Gasteiger partial charge in [0.05, 0.1) is 27.6 Å². The van der Waals surface area contributed by atoms with Gasteiger partial charge in [-0.25, -0.2) is 12.7 Å². The SMILES string of the molecule is CC(C)S(=O)(=O)N(C(=O)c1cccc(CSc2cccs2)c1)c1ccc(CC#N)cc1. The van der Waals surface area contributed by atoms with Crippen molar-refractivity contribution in [2.45, 2.75) is 35.5 Å². The molecule has 2 aromatic carbocycles. The molecule has 3 aromatic rings. The van der Waals surface area contributed by atoms with Gasteiger partial charge in [0.15, 0.2) is 0 Å². The largest absolute Gasteiger partial charge is 0.272 e. The highest BCUT2D eigenvalue weighted by Crippen LogP contribution is 2.28. The monoisotopic (exact) mass is 470 g/mol. The van der Waals surface area contributed by atoms with E-state index in [0.717, 1.165) is 15.4 Å². The predicted molar refractivity (Wildman–Crippen MR) is 127 cm³/mol. The molecule has 5 nitrogen and oxygen atoms in total. The van der Waals surface area contributed by atoms with Crippen molar-refractivity contribution in [2.24, 2.45) is 0 Å². The van der Waals surface area contributed by atoms with Crippen LogP contribution in [-0.2, 0) is 22.2 Å². The van der Waals surface area contributed by atoms with Gasteiger partial charge in [0.1, 0.15) is 0 Å². The van der Waals surface area contributed by atoms with E-state index in [0.29, 0.717) is 11.3 Å². The molecule has 1 amide bonds. The van der Waals surface area contributed by atoms with Gasteiger partial charge in [0.2, 0.25) is 10.0 Å². The van der Waals surface area contributed by atoms with Crippen molar-refractivity contribution in [3.63, 3.8) is 0 Å². The minimum absolute atomic E-state index is 0.217. The Hall–Kier alpha value is -2.60. The van der Waals surface area contributed by atoms with E-state index in [1.54, 1.807) is 79.4 Å². The van der Waals surface area contributed by atoms with Crippen LogP contribution in [0.2, 0.25) is 0 Å². The van der Waals surface area contributed by atoms with Crippen molar-refractivity contribution in [1.82, 2.24) is 0 Å². The van der Waals surface area contributed by atoms with Crippen molar-refractivity contribution in [1.29, 1.82) is 5.26 Å². The second-order valence-electron chi connectivity index (χ2n) is 7.09. The Balaban J connectivity index is 1.93. The molecule has 31 heavy (non-hydrogen) atoms. The number of sulfonamides is 1. The molecule has 0 saturated carbocycles. The van der Waals surface area contributed by atoms with Crippen molar-refractivity contribution in [3.05, 3.63) is 82.7 Å². The molecule has 0 bridgehead atoms. The molecule has 0 atom stereocenters. The molecule has 0 unspecified atom stereocenters. The molecule has 3 rings (SSSR count). The molecule has 8 heteroatoms. The molecular weight excluding hydrogens is 448 g/mol. The maximum Gasteiger partial charge on any atom is 0.272 e. The summed E-state index contributed by atoms with van der Waals surface area (Å²) in [6.45, 7) is 3.10. The third kappa shape index (κ3) is 5.56. The molecule has 0 aliphatic heterocycles. The minimum atomic E-state index is -3.91. The van der Waals surface area contributed by atoms with E-state index >= 15 is 0 Å². The Morgan fingerprint density at radius 2 is 1.84 bits per heavy atom. The van der Waals surface area contributed by atoms with Gasteiger partial charge in [0.25, 0.3) is 5.91 Å². The van der Waals surface area contributed by atoms with Crippen LogP contribution in [0.3, 0.4) is 0 Å². The first kappa shape index (κ1) is 23.1. The molecule has 0 radical (unpaired) electrons. The van der Waals surface area contributed by atoms with Gasteiger partial charge in [-0.3, -0.25) is 4.79 Å². The number of hydrogen-bond donors (Lipinski definition) is 0. The van der Waals surface area contributed by atoms with Crippen LogP contribution in [0.25, 0.3) is 0 Å². The average molecular weight is 471 g/mol. The van der Waals surface area contributed by atoms with Crippen LogP contribution in [0.4, 0.5) is 5.69 Å². The van der Waals surface area contributed by atoms with Crippen LogP contribution in [0.5, 0.6) is 0 Å². The number of carbonyl (C=O) groups is 1. The molecule has 0 aliphatic carbocycles. The summed E-state index contributed by atoms with van der Waals surface area (Å²) >= 11 is 3.33. The van der Waals surface area contributed by atoms with Gasteiger partial charge in [-0.15, -0.1) is 23.1 Å². The van der Waals surface area contributed by atoms with E-state index in [9.17, 15) is 13.2 Å². The van der Waals surface area contributed by atoms with Gasteiger partial charge >= 0.3 is 0 Å². The first-order chi connectivity index (χ1) is 14.8. The Bertz CT molecular complexity index is 1180. The topological polar surface area (TPSA) is 78.2 Å². The average Bonchev–Trinajstić information content (AvgIpc) is 3.27. The van der Waals surface area contributed by atoms with E-state index in [4.69, 9.17) is 5.26 Å². The van der Waals surface area contributed by atoms with Crippen molar-refractivity contribution in [2.75, 3.05) is 4.31 Å². The highest BCUT2D eigenvalue weighted by atomic mass is 32.2.